The van der Waals surface area contributed by atoms with E-state index < -0.39 is 10.8 Å². The lowest BCUT2D eigenvalue weighted by Gasteiger charge is -2.67. The summed E-state index contributed by atoms with van der Waals surface area (Å²) < 4.78 is 0. The molecule has 1 aromatic rings. The first-order valence-corrected chi connectivity index (χ1v) is 19.5. The SMILES string of the molecule is CCCCCCCCCCN1C(=O)c2ccc3c4c2[C@@]2(CN(C)C[C@H]5[C@@H]2CN(C)C[C@@]45C(=O)N(CCCCCCCCCC)C3=O)C1=O. The number of nitrogens with zero attached hydrogens (tertiary/aromatic N) is 4. The van der Waals surface area contributed by atoms with Crippen molar-refractivity contribution in [2.24, 2.45) is 11.8 Å². The normalized spacial score (nSPS) is 28.0. The maximum Gasteiger partial charge on any atom is 0.260 e. The monoisotopic (exact) mass is 660 g/mol. The third-order valence-electron chi connectivity index (χ3n) is 12.6. The van der Waals surface area contributed by atoms with E-state index in [1.54, 1.807) is 9.80 Å². The number of benzene rings is 1. The first kappa shape index (κ1) is 35.3. The zero-order valence-corrected chi connectivity index (χ0v) is 30.3. The lowest BCUT2D eigenvalue weighted by molar-refractivity contribution is -0.162. The molecule has 0 radical (unpaired) electrons. The van der Waals surface area contributed by atoms with E-state index in [1.165, 1.54) is 64.2 Å². The number of hydrogen-bond donors (Lipinski definition) is 0. The minimum Gasteiger partial charge on any atom is -0.305 e. The lowest BCUT2D eigenvalue weighted by Crippen LogP contribution is -2.79. The highest BCUT2D eigenvalue weighted by Crippen LogP contribution is 2.63. The molecule has 0 N–H and O–H groups in total. The second-order valence-electron chi connectivity index (χ2n) is 15.9. The van der Waals surface area contributed by atoms with Crippen LogP contribution in [0.15, 0.2) is 12.1 Å². The Balaban J connectivity index is 1.31. The molecule has 264 valence electrons. The van der Waals surface area contributed by atoms with Gasteiger partial charge in [0.1, 0.15) is 0 Å². The average molecular weight is 661 g/mol. The van der Waals surface area contributed by atoms with E-state index >= 15 is 0 Å². The van der Waals surface area contributed by atoms with E-state index in [2.05, 4.69) is 37.7 Å². The summed E-state index contributed by atoms with van der Waals surface area (Å²) in [7, 11) is 4.11. The highest BCUT2D eigenvalue weighted by atomic mass is 16.2. The van der Waals surface area contributed by atoms with E-state index in [4.69, 9.17) is 0 Å². The summed E-state index contributed by atoms with van der Waals surface area (Å²) in [6, 6.07) is 3.63. The molecule has 0 saturated carbocycles. The van der Waals surface area contributed by atoms with Gasteiger partial charge in [-0.3, -0.25) is 29.0 Å². The molecule has 2 saturated heterocycles. The van der Waals surface area contributed by atoms with Crippen LogP contribution in [0.4, 0.5) is 0 Å². The fraction of sp³-hybridized carbons (Fsp3) is 0.750. The molecule has 0 aromatic heterocycles. The Labute approximate surface area is 288 Å². The highest BCUT2D eigenvalue weighted by molar-refractivity contribution is 6.19. The van der Waals surface area contributed by atoms with Gasteiger partial charge in [0.2, 0.25) is 11.8 Å². The van der Waals surface area contributed by atoms with Crippen molar-refractivity contribution in [3.05, 3.63) is 34.4 Å². The van der Waals surface area contributed by atoms with Crippen LogP contribution >= 0.6 is 0 Å². The predicted molar refractivity (Wildman–Crippen MR) is 189 cm³/mol. The smallest absolute Gasteiger partial charge is 0.260 e. The van der Waals surface area contributed by atoms with E-state index in [0.29, 0.717) is 50.4 Å². The van der Waals surface area contributed by atoms with Gasteiger partial charge in [0.15, 0.2) is 0 Å². The molecule has 48 heavy (non-hydrogen) atoms. The molecule has 8 nitrogen and oxygen atoms in total. The van der Waals surface area contributed by atoms with Crippen LogP contribution in [-0.2, 0) is 20.4 Å². The van der Waals surface area contributed by atoms with E-state index in [1.807, 2.05) is 12.1 Å². The Morgan fingerprint density at radius 3 is 1.23 bits per heavy atom. The van der Waals surface area contributed by atoms with E-state index in [0.717, 1.165) is 49.7 Å². The number of carbonyl (C=O) groups excluding carboxylic acids is 4. The number of amides is 4. The molecule has 1 aliphatic carbocycles. The first-order chi connectivity index (χ1) is 23.2. The summed E-state index contributed by atoms with van der Waals surface area (Å²) in [5.74, 6) is -0.914. The molecule has 2 spiro atoms. The summed E-state index contributed by atoms with van der Waals surface area (Å²) in [5, 5.41) is 0. The number of piperidine rings is 2. The summed E-state index contributed by atoms with van der Waals surface area (Å²) in [6.45, 7) is 7.73. The van der Waals surface area contributed by atoms with Gasteiger partial charge >= 0.3 is 0 Å². The quantitative estimate of drug-likeness (QED) is 0.131. The van der Waals surface area contributed by atoms with Crippen LogP contribution in [0.25, 0.3) is 0 Å². The molecule has 4 amide bonds. The van der Waals surface area contributed by atoms with Crippen LogP contribution < -0.4 is 0 Å². The number of rotatable bonds is 18. The van der Waals surface area contributed by atoms with Gasteiger partial charge in [-0.15, -0.1) is 0 Å². The Morgan fingerprint density at radius 1 is 0.542 bits per heavy atom. The van der Waals surface area contributed by atoms with Crippen LogP contribution in [0, 0.1) is 11.8 Å². The zero-order chi connectivity index (χ0) is 34.1. The Hall–Kier alpha value is -2.58. The molecule has 4 bridgehead atoms. The third-order valence-corrected chi connectivity index (χ3v) is 12.6. The molecule has 5 aliphatic rings. The molecule has 8 heteroatoms. The van der Waals surface area contributed by atoms with Crippen molar-refractivity contribution in [3.63, 3.8) is 0 Å². The van der Waals surface area contributed by atoms with Gasteiger partial charge < -0.3 is 9.80 Å². The Morgan fingerprint density at radius 2 is 0.875 bits per heavy atom. The second kappa shape index (κ2) is 14.7. The number of likely N-dealkylation sites (N-methyl/N-ethyl adjacent to an activating group) is 2. The van der Waals surface area contributed by atoms with Gasteiger partial charge in [-0.1, -0.05) is 104 Å². The van der Waals surface area contributed by atoms with Crippen LogP contribution in [0.1, 0.15) is 148 Å². The van der Waals surface area contributed by atoms with Crippen molar-refractivity contribution < 1.29 is 19.2 Å². The minimum absolute atomic E-state index is 0.0993. The van der Waals surface area contributed by atoms with Crippen molar-refractivity contribution in [3.8, 4) is 0 Å². The molecular formula is C40H60N4O4. The number of hydrogen-bond acceptors (Lipinski definition) is 6. The average Bonchev–Trinajstić information content (AvgIpc) is 3.06. The van der Waals surface area contributed by atoms with Gasteiger partial charge in [0.25, 0.3) is 11.8 Å². The highest BCUT2D eigenvalue weighted by Gasteiger charge is 2.73. The van der Waals surface area contributed by atoms with Gasteiger partial charge in [-0.25, -0.2) is 0 Å². The minimum atomic E-state index is -0.939. The lowest BCUT2D eigenvalue weighted by atomic mass is 9.43. The standard InChI is InChI=1S/C40H60N4O4/c1-5-7-9-11-13-15-17-19-23-43-35(45)29-21-22-30-34-33(29)39(37(43)47)27-41(3)26-32-31(39)25-42(4)28-40(32,34)38(48)44(36(30)46)24-20-18-16-14-12-10-8-6-2/h21-22,31-32H,5-20,23-28H2,1-4H3/t31-,32-,39-,40-/m0/s1. The van der Waals surface area contributed by atoms with Gasteiger partial charge in [-0.2, -0.15) is 0 Å². The molecule has 4 aliphatic heterocycles. The molecule has 6 rings (SSSR count). The largest absolute Gasteiger partial charge is 0.305 e. The van der Waals surface area contributed by atoms with E-state index in [-0.39, 0.29) is 35.5 Å². The summed E-state index contributed by atoms with van der Waals surface area (Å²) >= 11 is 0. The maximum atomic E-state index is 15.0. The molecule has 4 heterocycles. The number of carbonyl (C=O) groups is 4. The summed E-state index contributed by atoms with van der Waals surface area (Å²) in [6.07, 6.45) is 18.3. The van der Waals surface area contributed by atoms with Crippen molar-refractivity contribution >= 4 is 23.6 Å². The van der Waals surface area contributed by atoms with Crippen LogP contribution in [0.3, 0.4) is 0 Å². The van der Waals surface area contributed by atoms with Gasteiger partial charge in [0, 0.05) is 50.4 Å². The molecule has 4 atom stereocenters. The fourth-order valence-corrected chi connectivity index (χ4v) is 10.4. The van der Waals surface area contributed by atoms with Crippen LogP contribution in [-0.4, -0.2) is 96.6 Å². The van der Waals surface area contributed by atoms with Crippen LogP contribution in [0.5, 0.6) is 0 Å². The van der Waals surface area contributed by atoms with Crippen molar-refractivity contribution in [1.82, 2.24) is 19.6 Å². The number of unbranched alkanes of at least 4 members (excludes halogenated alkanes) is 14. The first-order valence-electron chi connectivity index (χ1n) is 19.5. The molecule has 1 aromatic carbocycles. The Kier molecular flexibility index (Phi) is 10.8. The fourth-order valence-electron chi connectivity index (χ4n) is 10.4. The third kappa shape index (κ3) is 5.76. The topological polar surface area (TPSA) is 81.2 Å². The summed E-state index contributed by atoms with van der Waals surface area (Å²) in [5.41, 5.74) is 0.638. The van der Waals surface area contributed by atoms with Gasteiger partial charge in [0.05, 0.1) is 10.8 Å². The van der Waals surface area contributed by atoms with Crippen molar-refractivity contribution in [2.45, 2.75) is 127 Å². The molecular weight excluding hydrogens is 600 g/mol. The number of likely N-dealkylation sites (tertiary alicyclic amines) is 2. The summed E-state index contributed by atoms with van der Waals surface area (Å²) in [4.78, 5) is 66.0. The Bertz CT molecular complexity index is 1290. The second-order valence-corrected chi connectivity index (χ2v) is 15.9. The van der Waals surface area contributed by atoms with E-state index in [9.17, 15) is 19.2 Å². The molecule has 0 unspecified atom stereocenters. The molecule has 2 fully saturated rings. The predicted octanol–water partition coefficient (Wildman–Crippen LogP) is 6.55. The van der Waals surface area contributed by atoms with Crippen LogP contribution in [0.2, 0.25) is 0 Å². The van der Waals surface area contributed by atoms with Crippen molar-refractivity contribution in [2.75, 3.05) is 53.4 Å². The van der Waals surface area contributed by atoms with Crippen molar-refractivity contribution in [1.29, 1.82) is 0 Å². The zero-order valence-electron chi connectivity index (χ0n) is 30.3. The maximum absolute atomic E-state index is 15.0. The number of imide groups is 2. The van der Waals surface area contributed by atoms with Gasteiger partial charge in [-0.05, 0) is 62.0 Å².